The van der Waals surface area contributed by atoms with Crippen molar-refractivity contribution in [3.8, 4) is 11.1 Å². The first-order chi connectivity index (χ1) is 11.9. The van der Waals surface area contributed by atoms with Crippen LogP contribution in [0.3, 0.4) is 0 Å². The molecule has 0 saturated carbocycles. The van der Waals surface area contributed by atoms with Gasteiger partial charge in [0.2, 0.25) is 0 Å². The van der Waals surface area contributed by atoms with Crippen molar-refractivity contribution in [1.29, 1.82) is 0 Å². The van der Waals surface area contributed by atoms with Crippen molar-refractivity contribution >= 4 is 24.0 Å². The SMILES string of the molecule is c1ccc(-c2coc(P(c3ccccc3)c3ccccc3)c2)cc1. The molecule has 0 spiro atoms. The van der Waals surface area contributed by atoms with E-state index in [0.717, 1.165) is 11.1 Å². The highest BCUT2D eigenvalue weighted by molar-refractivity contribution is 7.79. The normalized spacial score (nSPS) is 10.9. The Bertz CT molecular complexity index is 859. The number of furan rings is 1. The van der Waals surface area contributed by atoms with Crippen LogP contribution in [0.5, 0.6) is 0 Å². The minimum atomic E-state index is -0.682. The minimum Gasteiger partial charge on any atom is -0.463 e. The minimum absolute atomic E-state index is 0.682. The molecule has 3 aromatic carbocycles. The number of hydrogen-bond donors (Lipinski definition) is 0. The van der Waals surface area contributed by atoms with Gasteiger partial charge in [0.25, 0.3) is 0 Å². The van der Waals surface area contributed by atoms with Crippen LogP contribution in [0.1, 0.15) is 0 Å². The van der Waals surface area contributed by atoms with Crippen LogP contribution >= 0.6 is 7.92 Å². The van der Waals surface area contributed by atoms with Gasteiger partial charge in [-0.1, -0.05) is 91.0 Å². The zero-order chi connectivity index (χ0) is 16.2. The Morgan fingerprint density at radius 2 is 1.04 bits per heavy atom. The van der Waals surface area contributed by atoms with Crippen LogP contribution in [0, 0.1) is 0 Å². The standard InChI is InChI=1S/C22H17OP/c1-4-10-18(11-5-1)19-16-22(23-17-19)24(20-12-6-2-7-13-20)21-14-8-3-9-15-21/h1-17H. The molecule has 0 aliphatic heterocycles. The second-order valence-corrected chi connectivity index (χ2v) is 7.69. The van der Waals surface area contributed by atoms with Gasteiger partial charge in [0, 0.05) is 13.5 Å². The summed E-state index contributed by atoms with van der Waals surface area (Å²) in [5.41, 5.74) is 3.34. The van der Waals surface area contributed by atoms with Crippen molar-refractivity contribution in [3.63, 3.8) is 0 Å². The third-order valence-corrected chi connectivity index (χ3v) is 6.25. The summed E-state index contributed by atoms with van der Waals surface area (Å²) in [6, 6.07) is 33.8. The van der Waals surface area contributed by atoms with Gasteiger partial charge in [0.15, 0.2) is 0 Å². The number of hydrogen-bond acceptors (Lipinski definition) is 1. The molecule has 0 fully saturated rings. The fourth-order valence-corrected chi connectivity index (χ4v) is 4.96. The summed E-state index contributed by atoms with van der Waals surface area (Å²) in [6.07, 6.45) is 1.87. The molecule has 4 rings (SSSR count). The van der Waals surface area contributed by atoms with E-state index in [-0.39, 0.29) is 0 Å². The van der Waals surface area contributed by atoms with Crippen molar-refractivity contribution in [1.82, 2.24) is 0 Å². The van der Waals surface area contributed by atoms with Crippen LogP contribution in [-0.4, -0.2) is 0 Å². The van der Waals surface area contributed by atoms with Gasteiger partial charge in [0.05, 0.1) is 6.26 Å². The van der Waals surface area contributed by atoms with Crippen LogP contribution in [0.25, 0.3) is 11.1 Å². The van der Waals surface area contributed by atoms with E-state index in [2.05, 4.69) is 91.0 Å². The lowest BCUT2D eigenvalue weighted by Crippen LogP contribution is -2.19. The lowest BCUT2D eigenvalue weighted by Gasteiger charge is -2.15. The molecule has 0 bridgehead atoms. The van der Waals surface area contributed by atoms with E-state index in [4.69, 9.17) is 4.42 Å². The lowest BCUT2D eigenvalue weighted by molar-refractivity contribution is 0.604. The van der Waals surface area contributed by atoms with E-state index in [1.54, 1.807) is 0 Å². The molecule has 0 N–H and O–H groups in total. The molecule has 24 heavy (non-hydrogen) atoms. The second kappa shape index (κ2) is 6.86. The highest BCUT2D eigenvalue weighted by atomic mass is 31.1. The molecule has 0 atom stereocenters. The number of benzene rings is 3. The molecular formula is C22H17OP. The van der Waals surface area contributed by atoms with E-state index < -0.39 is 7.92 Å². The van der Waals surface area contributed by atoms with Gasteiger partial charge in [-0.15, -0.1) is 0 Å². The van der Waals surface area contributed by atoms with Crippen LogP contribution in [0.15, 0.2) is 108 Å². The molecule has 1 heterocycles. The zero-order valence-electron chi connectivity index (χ0n) is 13.2. The van der Waals surface area contributed by atoms with Gasteiger partial charge in [-0.05, 0) is 22.2 Å². The third kappa shape index (κ3) is 3.04. The molecule has 0 aliphatic rings. The molecule has 0 aliphatic carbocycles. The molecule has 4 aromatic rings. The van der Waals surface area contributed by atoms with E-state index in [1.165, 1.54) is 16.2 Å². The Morgan fingerprint density at radius 1 is 0.542 bits per heavy atom. The molecule has 116 valence electrons. The van der Waals surface area contributed by atoms with Gasteiger partial charge < -0.3 is 4.42 Å². The van der Waals surface area contributed by atoms with Crippen LogP contribution in [-0.2, 0) is 0 Å². The Labute approximate surface area is 143 Å². The molecule has 1 nitrogen and oxygen atoms in total. The largest absolute Gasteiger partial charge is 0.463 e. The van der Waals surface area contributed by atoms with Crippen molar-refractivity contribution in [2.45, 2.75) is 0 Å². The first-order valence-corrected chi connectivity index (χ1v) is 9.30. The van der Waals surface area contributed by atoms with E-state index in [0.29, 0.717) is 0 Å². The third-order valence-electron chi connectivity index (χ3n) is 3.94. The first-order valence-electron chi connectivity index (χ1n) is 7.96. The predicted molar refractivity (Wildman–Crippen MR) is 103 cm³/mol. The van der Waals surface area contributed by atoms with Crippen LogP contribution < -0.4 is 16.1 Å². The van der Waals surface area contributed by atoms with Gasteiger partial charge in [-0.2, -0.15) is 0 Å². The molecule has 0 amide bonds. The summed E-state index contributed by atoms with van der Waals surface area (Å²) in [5.74, 6) is 0. The maximum atomic E-state index is 6.02. The van der Waals surface area contributed by atoms with Crippen molar-refractivity contribution < 1.29 is 4.42 Å². The van der Waals surface area contributed by atoms with E-state index >= 15 is 0 Å². The van der Waals surface area contributed by atoms with E-state index in [9.17, 15) is 0 Å². The Balaban J connectivity index is 1.79. The monoisotopic (exact) mass is 328 g/mol. The number of rotatable bonds is 4. The smallest absolute Gasteiger partial charge is 0.135 e. The highest BCUT2D eigenvalue weighted by Crippen LogP contribution is 2.34. The van der Waals surface area contributed by atoms with Gasteiger partial charge in [-0.25, -0.2) is 0 Å². The predicted octanol–water partition coefficient (Wildman–Crippen LogP) is 4.70. The molecule has 2 heteroatoms. The zero-order valence-corrected chi connectivity index (χ0v) is 14.1. The summed E-state index contributed by atoms with van der Waals surface area (Å²) >= 11 is 0. The van der Waals surface area contributed by atoms with Gasteiger partial charge in [-0.3, -0.25) is 0 Å². The molecule has 0 saturated heterocycles. The molecule has 0 unspecified atom stereocenters. The molecule has 1 aromatic heterocycles. The van der Waals surface area contributed by atoms with Gasteiger partial charge in [0.1, 0.15) is 5.50 Å². The molecule has 0 radical (unpaired) electrons. The summed E-state index contributed by atoms with van der Waals surface area (Å²) in [5, 5.41) is 2.60. The fraction of sp³-hybridized carbons (Fsp3) is 0. The summed E-state index contributed by atoms with van der Waals surface area (Å²) in [4.78, 5) is 0. The highest BCUT2D eigenvalue weighted by Gasteiger charge is 2.20. The van der Waals surface area contributed by atoms with Crippen molar-refractivity contribution in [3.05, 3.63) is 103 Å². The summed E-state index contributed by atoms with van der Waals surface area (Å²) < 4.78 is 6.02. The van der Waals surface area contributed by atoms with E-state index in [1.807, 2.05) is 12.3 Å². The summed E-state index contributed by atoms with van der Waals surface area (Å²) in [7, 11) is -0.682. The molecular weight excluding hydrogens is 311 g/mol. The average Bonchev–Trinajstić information content (AvgIpc) is 3.14. The van der Waals surface area contributed by atoms with Crippen LogP contribution in [0.4, 0.5) is 0 Å². The van der Waals surface area contributed by atoms with Crippen LogP contribution in [0.2, 0.25) is 0 Å². The Morgan fingerprint density at radius 3 is 1.58 bits per heavy atom. The first kappa shape index (κ1) is 14.9. The van der Waals surface area contributed by atoms with Crippen molar-refractivity contribution in [2.24, 2.45) is 0 Å². The summed E-state index contributed by atoms with van der Waals surface area (Å²) in [6.45, 7) is 0. The Kier molecular flexibility index (Phi) is 4.27. The maximum Gasteiger partial charge on any atom is 0.135 e. The quantitative estimate of drug-likeness (QED) is 0.495. The topological polar surface area (TPSA) is 13.1 Å². The average molecular weight is 328 g/mol. The fourth-order valence-electron chi connectivity index (χ4n) is 2.78. The maximum absolute atomic E-state index is 6.02. The Hall–Kier alpha value is -2.63. The van der Waals surface area contributed by atoms with Gasteiger partial charge >= 0.3 is 0 Å². The second-order valence-electron chi connectivity index (χ2n) is 5.55. The lowest BCUT2D eigenvalue weighted by atomic mass is 10.1. The van der Waals surface area contributed by atoms with Crippen molar-refractivity contribution in [2.75, 3.05) is 0 Å².